The normalized spacial score (nSPS) is 26.2. The number of carbonyl (C=O) groups is 1. The fraction of sp³-hybridized carbons (Fsp3) is 0.833. The number of esters is 1. The lowest BCUT2D eigenvalue weighted by Gasteiger charge is -2.40. The van der Waals surface area contributed by atoms with Crippen LogP contribution in [0.5, 0.6) is 0 Å². The molecule has 0 saturated heterocycles. The third-order valence-electron chi connectivity index (χ3n) is 4.86. The van der Waals surface area contributed by atoms with Gasteiger partial charge in [-0.25, -0.2) is 4.79 Å². The van der Waals surface area contributed by atoms with Gasteiger partial charge in [-0.05, 0) is 56.8 Å². The van der Waals surface area contributed by atoms with E-state index in [4.69, 9.17) is 4.74 Å². The molecule has 0 atom stereocenters. The first-order chi connectivity index (χ1) is 9.53. The maximum atomic E-state index is 11.5. The van der Waals surface area contributed by atoms with Gasteiger partial charge in [-0.15, -0.1) is 0 Å². The lowest BCUT2D eigenvalue weighted by Crippen LogP contribution is -2.29. The Morgan fingerprint density at radius 2 is 1.85 bits per heavy atom. The third kappa shape index (κ3) is 5.30. The molecule has 0 aromatic carbocycles. The Morgan fingerprint density at radius 1 is 1.20 bits per heavy atom. The Morgan fingerprint density at radius 3 is 2.35 bits per heavy atom. The van der Waals surface area contributed by atoms with Crippen molar-refractivity contribution in [3.63, 3.8) is 0 Å². The summed E-state index contributed by atoms with van der Waals surface area (Å²) in [5, 5.41) is 0. The summed E-state index contributed by atoms with van der Waals surface area (Å²) in [5.74, 6) is 0.694. The van der Waals surface area contributed by atoms with Crippen molar-refractivity contribution in [1.82, 2.24) is 0 Å². The molecule has 0 aliphatic heterocycles. The Labute approximate surface area is 125 Å². The molecular weight excluding hydrogens is 248 g/mol. The van der Waals surface area contributed by atoms with E-state index in [0.29, 0.717) is 17.6 Å². The molecule has 0 N–H and O–H groups in total. The number of carbonyl (C=O) groups excluding carboxylic acids is 1. The summed E-state index contributed by atoms with van der Waals surface area (Å²) in [4.78, 5) is 11.5. The first-order valence-corrected chi connectivity index (χ1v) is 8.35. The lowest BCUT2D eigenvalue weighted by molar-refractivity contribution is -0.140. The largest absolute Gasteiger partial charge is 0.462 e. The molecule has 1 aliphatic rings. The molecule has 0 heterocycles. The average molecular weight is 280 g/mol. The minimum Gasteiger partial charge on any atom is -0.462 e. The van der Waals surface area contributed by atoms with Gasteiger partial charge in [0.1, 0.15) is 0 Å². The molecule has 0 bridgehead atoms. The monoisotopic (exact) mass is 280 g/mol. The van der Waals surface area contributed by atoms with Crippen LogP contribution in [-0.2, 0) is 9.53 Å². The van der Waals surface area contributed by atoms with Gasteiger partial charge >= 0.3 is 5.97 Å². The highest BCUT2D eigenvalue weighted by Crippen LogP contribution is 2.46. The van der Waals surface area contributed by atoms with Crippen LogP contribution in [0.4, 0.5) is 0 Å². The van der Waals surface area contributed by atoms with Crippen LogP contribution in [0, 0.1) is 11.3 Å². The molecule has 2 heteroatoms. The summed E-state index contributed by atoms with van der Waals surface area (Å²) >= 11 is 0. The Hall–Kier alpha value is -0.790. The molecule has 1 fully saturated rings. The third-order valence-corrected chi connectivity index (χ3v) is 4.86. The zero-order valence-corrected chi connectivity index (χ0v) is 13.7. The number of hydrogen-bond donors (Lipinski definition) is 0. The van der Waals surface area contributed by atoms with Crippen molar-refractivity contribution in [3.8, 4) is 0 Å². The van der Waals surface area contributed by atoms with E-state index in [1.54, 1.807) is 6.92 Å². The molecule has 20 heavy (non-hydrogen) atoms. The van der Waals surface area contributed by atoms with E-state index < -0.39 is 0 Å². The van der Waals surface area contributed by atoms with Crippen molar-refractivity contribution in [2.45, 2.75) is 78.6 Å². The first-order valence-electron chi connectivity index (χ1n) is 8.35. The fourth-order valence-electron chi connectivity index (χ4n) is 3.63. The van der Waals surface area contributed by atoms with Crippen LogP contribution in [0.1, 0.15) is 78.6 Å². The fourth-order valence-corrected chi connectivity index (χ4v) is 3.63. The summed E-state index contributed by atoms with van der Waals surface area (Å²) in [5.41, 5.74) is 0.926. The van der Waals surface area contributed by atoms with E-state index in [9.17, 15) is 4.79 Å². The summed E-state index contributed by atoms with van der Waals surface area (Å²) < 4.78 is 5.31. The van der Waals surface area contributed by atoms with Gasteiger partial charge in [0.05, 0.1) is 6.61 Å². The van der Waals surface area contributed by atoms with Gasteiger partial charge in [-0.2, -0.15) is 0 Å². The smallest absolute Gasteiger partial charge is 0.333 e. The van der Waals surface area contributed by atoms with Crippen LogP contribution in [0.15, 0.2) is 12.2 Å². The van der Waals surface area contributed by atoms with Crippen molar-refractivity contribution in [1.29, 1.82) is 0 Å². The van der Waals surface area contributed by atoms with Crippen LogP contribution in [-0.4, -0.2) is 12.6 Å². The second-order valence-corrected chi connectivity index (χ2v) is 6.65. The quantitative estimate of drug-likeness (QED) is 0.447. The molecule has 2 nitrogen and oxygen atoms in total. The van der Waals surface area contributed by atoms with E-state index in [1.807, 2.05) is 0 Å². The maximum Gasteiger partial charge on any atom is 0.333 e. The summed E-state index contributed by atoms with van der Waals surface area (Å²) in [6.07, 6.45) is 11.6. The summed E-state index contributed by atoms with van der Waals surface area (Å²) in [6, 6.07) is 0. The zero-order valence-electron chi connectivity index (χ0n) is 13.7. The van der Waals surface area contributed by atoms with Gasteiger partial charge < -0.3 is 4.74 Å². The van der Waals surface area contributed by atoms with E-state index >= 15 is 0 Å². The van der Waals surface area contributed by atoms with Crippen molar-refractivity contribution in [3.05, 3.63) is 12.2 Å². The lowest BCUT2D eigenvalue weighted by atomic mass is 9.66. The minimum atomic E-state index is -0.240. The maximum absolute atomic E-state index is 11.5. The summed E-state index contributed by atoms with van der Waals surface area (Å²) in [6.45, 7) is 10.4. The molecule has 0 aromatic heterocycles. The predicted octanol–water partition coefficient (Wildman–Crippen LogP) is 5.27. The highest BCUT2D eigenvalue weighted by atomic mass is 16.5. The van der Waals surface area contributed by atoms with Crippen LogP contribution in [0.3, 0.4) is 0 Å². The molecule has 1 saturated carbocycles. The molecule has 1 aliphatic carbocycles. The number of ether oxygens (including phenoxy) is 1. The average Bonchev–Trinajstić information content (AvgIpc) is 2.42. The van der Waals surface area contributed by atoms with Crippen LogP contribution in [0.25, 0.3) is 0 Å². The predicted molar refractivity (Wildman–Crippen MR) is 84.6 cm³/mol. The SMILES string of the molecule is C=C(C)C(=O)OCCC1(CCC)CCC(CCC)CC1. The molecule has 0 unspecified atom stereocenters. The van der Waals surface area contributed by atoms with Crippen LogP contribution < -0.4 is 0 Å². The summed E-state index contributed by atoms with van der Waals surface area (Å²) in [7, 11) is 0. The first kappa shape index (κ1) is 17.3. The molecule has 0 amide bonds. The van der Waals surface area contributed by atoms with Crippen molar-refractivity contribution < 1.29 is 9.53 Å². The van der Waals surface area contributed by atoms with Crippen molar-refractivity contribution in [2.75, 3.05) is 6.61 Å². The number of rotatable bonds is 8. The highest BCUT2D eigenvalue weighted by molar-refractivity contribution is 5.86. The molecule has 0 aromatic rings. The van der Waals surface area contributed by atoms with Gasteiger partial charge in [0.25, 0.3) is 0 Å². The topological polar surface area (TPSA) is 26.3 Å². The Bertz CT molecular complexity index is 311. The molecular formula is C18H32O2. The second kappa shape index (κ2) is 8.49. The standard InChI is InChI=1S/C18H32O2/c1-5-7-16-8-11-18(10-6-2,12-9-16)13-14-20-17(19)15(3)4/h16H,3,5-14H2,1-2,4H3. The zero-order chi connectivity index (χ0) is 15.0. The van der Waals surface area contributed by atoms with E-state index in [1.165, 1.54) is 51.4 Å². The molecule has 0 spiro atoms. The van der Waals surface area contributed by atoms with Gasteiger partial charge in [0.15, 0.2) is 0 Å². The van der Waals surface area contributed by atoms with Crippen LogP contribution in [0.2, 0.25) is 0 Å². The minimum absolute atomic E-state index is 0.240. The van der Waals surface area contributed by atoms with Gasteiger partial charge in [-0.1, -0.05) is 39.7 Å². The van der Waals surface area contributed by atoms with Crippen molar-refractivity contribution >= 4 is 5.97 Å². The Balaban J connectivity index is 2.44. The Kier molecular flexibility index (Phi) is 7.32. The van der Waals surface area contributed by atoms with Crippen LogP contribution >= 0.6 is 0 Å². The van der Waals surface area contributed by atoms with E-state index in [-0.39, 0.29) is 5.97 Å². The van der Waals surface area contributed by atoms with Gasteiger partial charge in [0, 0.05) is 5.57 Å². The van der Waals surface area contributed by atoms with Crippen molar-refractivity contribution in [2.24, 2.45) is 11.3 Å². The number of hydrogen-bond acceptors (Lipinski definition) is 2. The van der Waals surface area contributed by atoms with E-state index in [2.05, 4.69) is 20.4 Å². The van der Waals surface area contributed by atoms with E-state index in [0.717, 1.165) is 12.3 Å². The molecule has 0 radical (unpaired) electrons. The van der Waals surface area contributed by atoms with Gasteiger partial charge in [0.2, 0.25) is 0 Å². The molecule has 1 rings (SSSR count). The second-order valence-electron chi connectivity index (χ2n) is 6.65. The molecule has 116 valence electrons. The van der Waals surface area contributed by atoms with Gasteiger partial charge in [-0.3, -0.25) is 0 Å². The highest BCUT2D eigenvalue weighted by Gasteiger charge is 2.34.